The molecular weight excluding hydrogens is 236 g/mol. The summed E-state index contributed by atoms with van der Waals surface area (Å²) in [6, 6.07) is 3.79. The maximum Gasteiger partial charge on any atom is 0.140 e. The van der Waals surface area contributed by atoms with Crippen molar-refractivity contribution in [2.75, 3.05) is 6.54 Å². The number of hydrogen-bond donors (Lipinski definition) is 1. The number of halogens is 2. The summed E-state index contributed by atoms with van der Waals surface area (Å²) in [5.74, 6) is -0.536. The summed E-state index contributed by atoms with van der Waals surface area (Å²) in [5, 5.41) is 3.66. The summed E-state index contributed by atoms with van der Waals surface area (Å²) in [6.07, 6.45) is 1.85. The largest absolute Gasteiger partial charge is 0.459 e. The minimum atomic E-state index is -0.615. The van der Waals surface area contributed by atoms with Crippen molar-refractivity contribution in [2.24, 2.45) is 0 Å². The van der Waals surface area contributed by atoms with Crippen LogP contribution in [-0.2, 0) is 0 Å². The Morgan fingerprint density at radius 2 is 2.00 bits per heavy atom. The van der Waals surface area contributed by atoms with Crippen LogP contribution in [0.1, 0.15) is 38.5 Å². The predicted octanol–water partition coefficient (Wildman–Crippen LogP) is 4.16. The van der Waals surface area contributed by atoms with Crippen molar-refractivity contribution in [1.82, 2.24) is 5.32 Å². The molecule has 0 aliphatic heterocycles. The van der Waals surface area contributed by atoms with Gasteiger partial charge in [0.25, 0.3) is 0 Å². The van der Waals surface area contributed by atoms with Crippen molar-refractivity contribution in [3.8, 4) is 0 Å². The van der Waals surface area contributed by atoms with Gasteiger partial charge in [-0.3, -0.25) is 0 Å². The van der Waals surface area contributed by atoms with Crippen molar-refractivity contribution in [3.05, 3.63) is 35.6 Å². The third-order valence-electron chi connectivity index (χ3n) is 2.96. The van der Waals surface area contributed by atoms with Crippen molar-refractivity contribution in [1.29, 1.82) is 0 Å². The summed E-state index contributed by atoms with van der Waals surface area (Å²) in [4.78, 5) is 0. The van der Waals surface area contributed by atoms with Crippen LogP contribution in [0.15, 0.2) is 22.6 Å². The quantitative estimate of drug-likeness (QED) is 0.865. The van der Waals surface area contributed by atoms with E-state index in [0.29, 0.717) is 11.1 Å². The van der Waals surface area contributed by atoms with E-state index in [4.69, 9.17) is 4.42 Å². The van der Waals surface area contributed by atoms with Gasteiger partial charge in [0, 0.05) is 12.1 Å². The fourth-order valence-electron chi connectivity index (χ4n) is 2.02. The van der Waals surface area contributed by atoms with Crippen LogP contribution >= 0.6 is 0 Å². The first-order valence-corrected chi connectivity index (χ1v) is 6.27. The van der Waals surface area contributed by atoms with E-state index in [1.807, 2.05) is 6.92 Å². The molecule has 0 radical (unpaired) electrons. The molecule has 0 amide bonds. The van der Waals surface area contributed by atoms with Crippen molar-refractivity contribution < 1.29 is 13.2 Å². The van der Waals surface area contributed by atoms with Crippen LogP contribution < -0.4 is 5.32 Å². The Bertz CT molecular complexity index is 536. The van der Waals surface area contributed by atoms with Gasteiger partial charge in [-0.15, -0.1) is 0 Å². The summed E-state index contributed by atoms with van der Waals surface area (Å²) < 4.78 is 32.2. The van der Waals surface area contributed by atoms with Gasteiger partial charge in [-0.2, -0.15) is 0 Å². The number of furan rings is 1. The standard InChI is InChI=1S/C14H17F2NO/c1-3-5-17-12(4-2)14-8-10-11(16)6-9(15)7-13(10)18-14/h6-8,12,17H,3-5H2,1-2H3. The van der Waals surface area contributed by atoms with Crippen LogP contribution in [0, 0.1) is 11.6 Å². The van der Waals surface area contributed by atoms with E-state index in [-0.39, 0.29) is 11.6 Å². The number of nitrogens with one attached hydrogen (secondary N) is 1. The monoisotopic (exact) mass is 253 g/mol. The zero-order valence-corrected chi connectivity index (χ0v) is 10.6. The summed E-state index contributed by atoms with van der Waals surface area (Å²) in [6.45, 7) is 4.97. The Morgan fingerprint density at radius 3 is 2.67 bits per heavy atom. The highest BCUT2D eigenvalue weighted by Gasteiger charge is 2.16. The molecule has 1 atom stereocenters. The molecule has 2 rings (SSSR count). The molecular formula is C14H17F2NO. The minimum absolute atomic E-state index is 0.0415. The molecule has 98 valence electrons. The molecule has 0 fully saturated rings. The lowest BCUT2D eigenvalue weighted by atomic mass is 10.1. The van der Waals surface area contributed by atoms with Crippen molar-refractivity contribution in [2.45, 2.75) is 32.7 Å². The SMILES string of the molecule is CCCNC(CC)c1cc2c(F)cc(F)cc2o1. The zero-order chi connectivity index (χ0) is 13.1. The third-order valence-corrected chi connectivity index (χ3v) is 2.96. The molecule has 4 heteroatoms. The molecule has 2 nitrogen and oxygen atoms in total. The van der Waals surface area contributed by atoms with Gasteiger partial charge in [0.2, 0.25) is 0 Å². The Hall–Kier alpha value is -1.42. The number of rotatable bonds is 5. The molecule has 0 saturated carbocycles. The van der Waals surface area contributed by atoms with Gasteiger partial charge in [0.1, 0.15) is 23.0 Å². The maximum atomic E-state index is 13.6. The van der Waals surface area contributed by atoms with Crippen LogP contribution in [0.2, 0.25) is 0 Å². The highest BCUT2D eigenvalue weighted by Crippen LogP contribution is 2.28. The van der Waals surface area contributed by atoms with Crippen LogP contribution in [0.5, 0.6) is 0 Å². The molecule has 2 aromatic rings. The van der Waals surface area contributed by atoms with Crippen molar-refractivity contribution in [3.63, 3.8) is 0 Å². The molecule has 1 aromatic heterocycles. The second-order valence-electron chi connectivity index (χ2n) is 4.36. The van der Waals surface area contributed by atoms with Crippen molar-refractivity contribution >= 4 is 11.0 Å². The Kier molecular flexibility index (Phi) is 3.97. The van der Waals surface area contributed by atoms with Crippen LogP contribution in [-0.4, -0.2) is 6.54 Å². The highest BCUT2D eigenvalue weighted by atomic mass is 19.1. The maximum absolute atomic E-state index is 13.6. The lowest BCUT2D eigenvalue weighted by Crippen LogP contribution is -2.20. The second-order valence-corrected chi connectivity index (χ2v) is 4.36. The lowest BCUT2D eigenvalue weighted by molar-refractivity contribution is 0.420. The predicted molar refractivity (Wildman–Crippen MR) is 67.5 cm³/mol. The molecule has 1 unspecified atom stereocenters. The average Bonchev–Trinajstić information content (AvgIpc) is 2.74. The Balaban J connectivity index is 2.36. The van der Waals surface area contributed by atoms with Crippen LogP contribution in [0.3, 0.4) is 0 Å². The average molecular weight is 253 g/mol. The van der Waals surface area contributed by atoms with E-state index < -0.39 is 11.6 Å². The molecule has 0 saturated heterocycles. The second kappa shape index (κ2) is 5.48. The lowest BCUT2D eigenvalue weighted by Gasteiger charge is -2.13. The fourth-order valence-corrected chi connectivity index (χ4v) is 2.02. The molecule has 0 aliphatic carbocycles. The van der Waals surface area contributed by atoms with Gasteiger partial charge in [0.15, 0.2) is 0 Å². The Morgan fingerprint density at radius 1 is 1.22 bits per heavy atom. The van der Waals surface area contributed by atoms with E-state index in [1.165, 1.54) is 6.07 Å². The highest BCUT2D eigenvalue weighted by molar-refractivity contribution is 5.78. The van der Waals surface area contributed by atoms with E-state index >= 15 is 0 Å². The zero-order valence-electron chi connectivity index (χ0n) is 10.6. The number of fused-ring (bicyclic) bond motifs is 1. The summed E-state index contributed by atoms with van der Waals surface area (Å²) in [7, 11) is 0. The first-order chi connectivity index (χ1) is 8.65. The Labute approximate surface area is 105 Å². The van der Waals surface area contributed by atoms with Gasteiger partial charge in [-0.1, -0.05) is 13.8 Å². The molecule has 1 aromatic carbocycles. The summed E-state index contributed by atoms with van der Waals surface area (Å²) >= 11 is 0. The topological polar surface area (TPSA) is 25.2 Å². The smallest absolute Gasteiger partial charge is 0.140 e. The van der Waals surface area contributed by atoms with Gasteiger partial charge < -0.3 is 9.73 Å². The van der Waals surface area contributed by atoms with Gasteiger partial charge >= 0.3 is 0 Å². The molecule has 0 aliphatic rings. The molecule has 1 heterocycles. The van der Waals surface area contributed by atoms with E-state index in [2.05, 4.69) is 12.2 Å². The van der Waals surface area contributed by atoms with E-state index in [1.54, 1.807) is 6.07 Å². The summed E-state index contributed by atoms with van der Waals surface area (Å²) in [5.41, 5.74) is 0.263. The molecule has 18 heavy (non-hydrogen) atoms. The first-order valence-electron chi connectivity index (χ1n) is 6.27. The first kappa shape index (κ1) is 13.0. The molecule has 1 N–H and O–H groups in total. The minimum Gasteiger partial charge on any atom is -0.459 e. The number of hydrogen-bond acceptors (Lipinski definition) is 2. The van der Waals surface area contributed by atoms with Gasteiger partial charge in [0.05, 0.1) is 11.4 Å². The van der Waals surface area contributed by atoms with Gasteiger partial charge in [-0.05, 0) is 25.5 Å². The normalized spacial score (nSPS) is 13.1. The molecule has 0 spiro atoms. The number of benzene rings is 1. The van der Waals surface area contributed by atoms with Gasteiger partial charge in [-0.25, -0.2) is 8.78 Å². The third kappa shape index (κ3) is 2.53. The van der Waals surface area contributed by atoms with Crippen LogP contribution in [0.4, 0.5) is 8.78 Å². The van der Waals surface area contributed by atoms with Crippen LogP contribution in [0.25, 0.3) is 11.0 Å². The van der Waals surface area contributed by atoms with E-state index in [9.17, 15) is 8.78 Å². The van der Waals surface area contributed by atoms with E-state index in [0.717, 1.165) is 25.5 Å². The fraction of sp³-hybridized carbons (Fsp3) is 0.429. The molecule has 0 bridgehead atoms.